The van der Waals surface area contributed by atoms with Gasteiger partial charge in [-0.1, -0.05) is 11.6 Å². The van der Waals surface area contributed by atoms with Crippen molar-refractivity contribution in [2.75, 3.05) is 32.6 Å². The van der Waals surface area contributed by atoms with Gasteiger partial charge in [0.15, 0.2) is 22.9 Å². The van der Waals surface area contributed by atoms with E-state index in [1.54, 1.807) is 36.4 Å². The Morgan fingerprint density at radius 2 is 2.10 bits per heavy atom. The van der Waals surface area contributed by atoms with Gasteiger partial charge in [0.05, 0.1) is 24.2 Å². The summed E-state index contributed by atoms with van der Waals surface area (Å²) >= 11 is 6.68. The number of nitrogens with one attached hydrogen (secondary N) is 3. The van der Waals surface area contributed by atoms with E-state index in [1.807, 2.05) is 7.05 Å². The lowest BCUT2D eigenvalue weighted by Crippen LogP contribution is -2.78. The maximum atomic E-state index is 13.7. The normalized spacial score (nSPS) is 18.6. The maximum absolute atomic E-state index is 13.7. The first-order valence-corrected chi connectivity index (χ1v) is 13.5. The van der Waals surface area contributed by atoms with E-state index in [2.05, 4.69) is 30.5 Å². The van der Waals surface area contributed by atoms with Crippen molar-refractivity contribution in [2.45, 2.75) is 25.1 Å². The summed E-state index contributed by atoms with van der Waals surface area (Å²) in [4.78, 5) is 15.1. The van der Waals surface area contributed by atoms with Gasteiger partial charge in [0.25, 0.3) is 0 Å². The molecule has 11 nitrogen and oxygen atoms in total. The third-order valence-electron chi connectivity index (χ3n) is 7.06. The van der Waals surface area contributed by atoms with Crippen LogP contribution in [0.4, 0.5) is 24.8 Å². The summed E-state index contributed by atoms with van der Waals surface area (Å²) in [5, 5.41) is 15.6. The maximum Gasteiger partial charge on any atom is 0.416 e. The van der Waals surface area contributed by atoms with Crippen LogP contribution in [0.15, 0.2) is 52.9 Å². The average Bonchev–Trinajstić information content (AvgIpc) is 3.53. The second-order valence-electron chi connectivity index (χ2n) is 9.85. The monoisotopic (exact) mass is 604 g/mol. The minimum absolute atomic E-state index is 0.102. The zero-order chi connectivity index (χ0) is 30.0. The standard InChI is InChI=1S/C27H29ClF3N9O2/c1-33-22-13-34-19(11-35-22)20(10-32)42-21-12-36-25-24(23(21)28)40(3)26(38-25)37-16-7-15(27(29,30)31)8-18(9-16)41-14-17-5-4-6-39(17)2/h7-13,17,32-34H,4-6,14H2,1-3H3,(H,36,37,38)/p+1/b20-19+,32-10?/t17-/m0/s1. The molecule has 2 aromatic heterocycles. The molecule has 0 aliphatic carbocycles. The molecule has 1 fully saturated rings. The van der Waals surface area contributed by atoms with Crippen LogP contribution in [0.5, 0.6) is 11.5 Å². The van der Waals surface area contributed by atoms with E-state index in [-0.39, 0.29) is 52.2 Å². The summed E-state index contributed by atoms with van der Waals surface area (Å²) in [6.45, 7) is 1.22. The van der Waals surface area contributed by atoms with E-state index in [4.69, 9.17) is 26.5 Å². The van der Waals surface area contributed by atoms with Crippen molar-refractivity contribution in [1.82, 2.24) is 24.8 Å². The van der Waals surface area contributed by atoms with Gasteiger partial charge < -0.3 is 35.0 Å². The zero-order valence-electron chi connectivity index (χ0n) is 23.1. The number of allylic oxidation sites excluding steroid dienone is 2. The number of anilines is 2. The van der Waals surface area contributed by atoms with Crippen LogP contribution in [0.1, 0.15) is 18.4 Å². The number of nitrogens with zero attached hydrogens (tertiary/aromatic N) is 5. The van der Waals surface area contributed by atoms with Crippen molar-refractivity contribution in [3.63, 3.8) is 0 Å². The SMILES string of the molecule is CNC1=C[NH2+]/C(=C(\C=N)Oc2cnc3nc(Nc4cc(OC[C@@H]5CCCN5C)cc(C(F)(F)F)c4)n(C)c3c2Cl)C=N1. The van der Waals surface area contributed by atoms with Crippen molar-refractivity contribution in [3.05, 3.63) is 58.5 Å². The number of aromatic nitrogens is 3. The van der Waals surface area contributed by atoms with Crippen LogP contribution in [0, 0.1) is 5.41 Å². The lowest BCUT2D eigenvalue weighted by atomic mass is 10.1. The number of halogens is 4. The highest BCUT2D eigenvalue weighted by molar-refractivity contribution is 6.36. The van der Waals surface area contributed by atoms with Crippen molar-refractivity contribution in [1.29, 1.82) is 5.41 Å². The molecule has 0 saturated carbocycles. The number of rotatable bonds is 9. The number of alkyl halides is 3. The number of aryl methyl sites for hydroxylation is 1. The van der Waals surface area contributed by atoms with Crippen LogP contribution in [-0.2, 0) is 13.2 Å². The second kappa shape index (κ2) is 12.0. The Balaban J connectivity index is 1.42. The number of ether oxygens (including phenoxy) is 2. The number of fused-ring (bicyclic) bond motifs is 1. The van der Waals surface area contributed by atoms with Crippen LogP contribution in [-0.4, -0.2) is 65.2 Å². The van der Waals surface area contributed by atoms with Crippen molar-refractivity contribution >= 4 is 46.8 Å². The highest BCUT2D eigenvalue weighted by atomic mass is 35.5. The molecule has 4 heterocycles. The number of nitrogens with two attached hydrogens (primary N) is 1. The zero-order valence-corrected chi connectivity index (χ0v) is 23.8. The average molecular weight is 605 g/mol. The molecule has 5 rings (SSSR count). The number of pyridine rings is 1. The lowest BCUT2D eigenvalue weighted by Gasteiger charge is -2.20. The molecule has 0 radical (unpaired) electrons. The topological polar surface area (TPSA) is 129 Å². The molecule has 5 N–H and O–H groups in total. The molecule has 1 atom stereocenters. The lowest BCUT2D eigenvalue weighted by molar-refractivity contribution is -0.529. The van der Waals surface area contributed by atoms with Gasteiger partial charge in [-0.2, -0.15) is 18.2 Å². The van der Waals surface area contributed by atoms with E-state index in [1.165, 1.54) is 12.3 Å². The van der Waals surface area contributed by atoms with Gasteiger partial charge in [0, 0.05) is 31.9 Å². The summed E-state index contributed by atoms with van der Waals surface area (Å²) < 4.78 is 54.5. The van der Waals surface area contributed by atoms with Crippen LogP contribution < -0.4 is 25.4 Å². The molecule has 2 aliphatic heterocycles. The molecule has 0 amide bonds. The van der Waals surface area contributed by atoms with E-state index < -0.39 is 11.7 Å². The summed E-state index contributed by atoms with van der Waals surface area (Å²) in [5.41, 5.74) is 0.482. The van der Waals surface area contributed by atoms with E-state index >= 15 is 0 Å². The fourth-order valence-electron chi connectivity index (χ4n) is 4.70. The molecule has 0 spiro atoms. The Hall–Kier alpha value is -4.14. The molecule has 0 bridgehead atoms. The fourth-order valence-corrected chi connectivity index (χ4v) is 5.00. The molecule has 3 aromatic rings. The van der Waals surface area contributed by atoms with Gasteiger partial charge in [-0.25, -0.2) is 9.98 Å². The van der Waals surface area contributed by atoms with Gasteiger partial charge in [0.1, 0.15) is 29.1 Å². The minimum Gasteiger partial charge on any atom is -0.492 e. The Bertz CT molecular complexity index is 1600. The van der Waals surface area contributed by atoms with Crippen LogP contribution in [0.3, 0.4) is 0 Å². The van der Waals surface area contributed by atoms with Crippen LogP contribution in [0.25, 0.3) is 11.2 Å². The van der Waals surface area contributed by atoms with E-state index in [0.717, 1.165) is 37.7 Å². The Kier molecular flexibility index (Phi) is 8.38. The Morgan fingerprint density at radius 3 is 2.74 bits per heavy atom. The van der Waals surface area contributed by atoms with Gasteiger partial charge in [-0.3, -0.25) is 5.32 Å². The second-order valence-corrected chi connectivity index (χ2v) is 10.2. The Labute approximate surface area is 244 Å². The summed E-state index contributed by atoms with van der Waals surface area (Å²) in [6, 6.07) is 3.65. The highest BCUT2D eigenvalue weighted by Gasteiger charge is 2.32. The number of imidazole rings is 1. The number of hydrogen-bond donors (Lipinski definition) is 4. The first kappa shape index (κ1) is 29.4. The van der Waals surface area contributed by atoms with E-state index in [0.29, 0.717) is 17.0 Å². The molecule has 222 valence electrons. The smallest absolute Gasteiger partial charge is 0.416 e. The predicted octanol–water partition coefficient (Wildman–Crippen LogP) is 3.76. The minimum atomic E-state index is -4.57. The molecule has 1 saturated heterocycles. The summed E-state index contributed by atoms with van der Waals surface area (Å²) in [7, 11) is 5.37. The molecule has 0 unspecified atom stereocenters. The van der Waals surface area contributed by atoms with Gasteiger partial charge in [-0.05, 0) is 38.6 Å². The first-order chi connectivity index (χ1) is 20.1. The van der Waals surface area contributed by atoms with Gasteiger partial charge >= 0.3 is 6.18 Å². The molecular formula is C27H30ClF3N9O2+. The molecule has 2 aliphatic rings. The molecule has 15 heteroatoms. The number of quaternary nitrogens is 1. The number of likely N-dealkylation sites (tertiary alicyclic amines) is 1. The quantitative estimate of drug-likeness (QED) is 0.216. The third-order valence-corrected chi connectivity index (χ3v) is 7.43. The fraction of sp³-hybridized carbons (Fsp3) is 0.333. The van der Waals surface area contributed by atoms with Gasteiger partial charge in [-0.15, -0.1) is 0 Å². The third kappa shape index (κ3) is 6.20. The predicted molar refractivity (Wildman–Crippen MR) is 153 cm³/mol. The van der Waals surface area contributed by atoms with Gasteiger partial charge in [0.2, 0.25) is 11.7 Å². The number of aliphatic imine (C=N–C) groups is 1. The number of hydrogen-bond acceptors (Lipinski definition) is 9. The summed E-state index contributed by atoms with van der Waals surface area (Å²) in [5.74, 6) is 1.32. The Morgan fingerprint density at radius 1 is 1.29 bits per heavy atom. The van der Waals surface area contributed by atoms with E-state index in [9.17, 15) is 13.2 Å². The number of likely N-dealkylation sites (N-methyl/N-ethyl adjacent to an activating group) is 1. The summed E-state index contributed by atoms with van der Waals surface area (Å²) in [6.07, 6.45) is 3.08. The first-order valence-electron chi connectivity index (χ1n) is 13.1. The van der Waals surface area contributed by atoms with Crippen molar-refractivity contribution in [2.24, 2.45) is 12.0 Å². The molecule has 1 aromatic carbocycles. The molecular weight excluding hydrogens is 575 g/mol. The largest absolute Gasteiger partial charge is 0.492 e. The van der Waals surface area contributed by atoms with Crippen molar-refractivity contribution in [3.8, 4) is 11.5 Å². The number of benzene rings is 1. The molecule has 42 heavy (non-hydrogen) atoms. The van der Waals surface area contributed by atoms with Crippen LogP contribution in [0.2, 0.25) is 5.02 Å². The van der Waals surface area contributed by atoms with Crippen LogP contribution >= 0.6 is 11.6 Å². The van der Waals surface area contributed by atoms with Crippen molar-refractivity contribution < 1.29 is 28.0 Å². The highest BCUT2D eigenvalue weighted by Crippen LogP contribution is 2.37.